The zero-order valence-corrected chi connectivity index (χ0v) is 17.8. The molecule has 29 heavy (non-hydrogen) atoms. The molecule has 1 saturated heterocycles. The van der Waals surface area contributed by atoms with Crippen LogP contribution in [-0.4, -0.2) is 45.7 Å². The largest absolute Gasteiger partial charge is 0.481 e. The summed E-state index contributed by atoms with van der Waals surface area (Å²) < 4.78 is 0. The standard InChI is InChI=1S/C24H37NO4/c1-19(12-13-20-9-5-4-6-10-20)22(26)16-14-21-15-17-23(27)25(21)18-8-3-2-7-11-24(28)29/h4-6,9-10,19,21-22,26H,2-3,7-8,11-18H2,1H3,(H,28,29)/t19-,21-,22+/m0/s1. The number of aliphatic carboxylic acids is 1. The van der Waals surface area contributed by atoms with Gasteiger partial charge in [0.15, 0.2) is 0 Å². The van der Waals surface area contributed by atoms with Crippen LogP contribution in [0, 0.1) is 5.92 Å². The van der Waals surface area contributed by atoms with Gasteiger partial charge in [0, 0.05) is 25.4 Å². The number of aryl methyl sites for hydroxylation is 1. The van der Waals surface area contributed by atoms with E-state index in [0.717, 1.165) is 57.9 Å². The smallest absolute Gasteiger partial charge is 0.303 e. The van der Waals surface area contributed by atoms with Crippen molar-refractivity contribution < 1.29 is 19.8 Å². The van der Waals surface area contributed by atoms with Gasteiger partial charge in [-0.05, 0) is 56.4 Å². The van der Waals surface area contributed by atoms with E-state index < -0.39 is 5.97 Å². The third kappa shape index (κ3) is 8.57. The molecule has 1 aromatic carbocycles. The fourth-order valence-electron chi connectivity index (χ4n) is 4.19. The molecule has 0 aromatic heterocycles. The first kappa shape index (κ1) is 23.4. The van der Waals surface area contributed by atoms with Gasteiger partial charge in [-0.2, -0.15) is 0 Å². The Morgan fingerprint density at radius 3 is 2.59 bits per heavy atom. The molecule has 2 N–H and O–H groups in total. The van der Waals surface area contributed by atoms with Crippen molar-refractivity contribution in [3.63, 3.8) is 0 Å². The summed E-state index contributed by atoms with van der Waals surface area (Å²) in [7, 11) is 0. The third-order valence-electron chi connectivity index (χ3n) is 6.18. The van der Waals surface area contributed by atoms with E-state index in [1.165, 1.54) is 5.56 Å². The van der Waals surface area contributed by atoms with Crippen LogP contribution in [0.5, 0.6) is 0 Å². The molecule has 1 amide bonds. The highest BCUT2D eigenvalue weighted by atomic mass is 16.4. The van der Waals surface area contributed by atoms with Gasteiger partial charge in [0.1, 0.15) is 0 Å². The average molecular weight is 404 g/mol. The Kier molecular flexibility index (Phi) is 10.2. The van der Waals surface area contributed by atoms with Crippen LogP contribution in [0.4, 0.5) is 0 Å². The number of rotatable bonds is 14. The highest BCUT2D eigenvalue weighted by Crippen LogP contribution is 2.26. The summed E-state index contributed by atoms with van der Waals surface area (Å²) >= 11 is 0. The van der Waals surface area contributed by atoms with Gasteiger partial charge >= 0.3 is 5.97 Å². The molecule has 162 valence electrons. The number of carbonyl (C=O) groups excluding carboxylic acids is 1. The monoisotopic (exact) mass is 403 g/mol. The lowest BCUT2D eigenvalue weighted by Gasteiger charge is -2.27. The molecule has 5 heteroatoms. The van der Waals surface area contributed by atoms with Crippen LogP contribution in [0.2, 0.25) is 0 Å². The molecule has 1 aliphatic rings. The molecular formula is C24H37NO4. The van der Waals surface area contributed by atoms with Crippen molar-refractivity contribution in [2.45, 2.75) is 89.7 Å². The molecule has 0 spiro atoms. The van der Waals surface area contributed by atoms with Gasteiger partial charge < -0.3 is 15.1 Å². The summed E-state index contributed by atoms with van der Waals surface area (Å²) in [4.78, 5) is 24.8. The van der Waals surface area contributed by atoms with Crippen molar-refractivity contribution in [2.24, 2.45) is 5.92 Å². The van der Waals surface area contributed by atoms with Gasteiger partial charge in [-0.1, -0.05) is 50.1 Å². The Balaban J connectivity index is 1.66. The summed E-state index contributed by atoms with van der Waals surface area (Å²) in [5, 5.41) is 19.2. The number of benzene rings is 1. The second-order valence-electron chi connectivity index (χ2n) is 8.48. The Labute approximate surface area is 175 Å². The number of amides is 1. The van der Waals surface area contributed by atoms with Crippen molar-refractivity contribution in [2.75, 3.05) is 6.54 Å². The van der Waals surface area contributed by atoms with Crippen molar-refractivity contribution in [3.05, 3.63) is 35.9 Å². The molecule has 1 aliphatic heterocycles. The minimum atomic E-state index is -0.740. The number of hydrogen-bond acceptors (Lipinski definition) is 3. The number of carbonyl (C=O) groups is 2. The zero-order chi connectivity index (χ0) is 21.1. The van der Waals surface area contributed by atoms with E-state index in [1.54, 1.807) is 0 Å². The molecule has 1 heterocycles. The number of likely N-dealkylation sites (tertiary alicyclic amines) is 1. The van der Waals surface area contributed by atoms with Crippen LogP contribution in [0.25, 0.3) is 0 Å². The SMILES string of the molecule is C[C@@H](CCc1ccccc1)[C@H](O)CC[C@H]1CCC(=O)N1CCCCCCC(=O)O. The molecular weight excluding hydrogens is 366 g/mol. The van der Waals surface area contributed by atoms with Gasteiger partial charge in [0.05, 0.1) is 6.10 Å². The maximum Gasteiger partial charge on any atom is 0.303 e. The predicted molar refractivity (Wildman–Crippen MR) is 115 cm³/mol. The molecule has 3 atom stereocenters. The lowest BCUT2D eigenvalue weighted by molar-refractivity contribution is -0.137. The average Bonchev–Trinajstić information content (AvgIpc) is 3.07. The molecule has 0 saturated carbocycles. The molecule has 0 radical (unpaired) electrons. The van der Waals surface area contributed by atoms with E-state index >= 15 is 0 Å². The number of aliphatic hydroxyl groups is 1. The van der Waals surface area contributed by atoms with Crippen molar-refractivity contribution in [1.82, 2.24) is 4.90 Å². The molecule has 1 fully saturated rings. The summed E-state index contributed by atoms with van der Waals surface area (Å²) in [5.74, 6) is -0.265. The maximum absolute atomic E-state index is 12.2. The van der Waals surface area contributed by atoms with E-state index in [1.807, 2.05) is 23.1 Å². The van der Waals surface area contributed by atoms with E-state index in [-0.39, 0.29) is 30.4 Å². The maximum atomic E-state index is 12.2. The number of nitrogens with zero attached hydrogens (tertiary/aromatic N) is 1. The number of unbranched alkanes of at least 4 members (excludes halogenated alkanes) is 3. The second kappa shape index (κ2) is 12.6. The lowest BCUT2D eigenvalue weighted by atomic mass is 9.92. The van der Waals surface area contributed by atoms with E-state index in [0.29, 0.717) is 12.8 Å². The fraction of sp³-hybridized carbons (Fsp3) is 0.667. The van der Waals surface area contributed by atoms with Gasteiger partial charge in [0.25, 0.3) is 0 Å². The highest BCUT2D eigenvalue weighted by Gasteiger charge is 2.30. The molecule has 0 unspecified atom stereocenters. The van der Waals surface area contributed by atoms with Crippen LogP contribution in [0.3, 0.4) is 0 Å². The summed E-state index contributed by atoms with van der Waals surface area (Å²) in [6.07, 6.45) is 8.45. The van der Waals surface area contributed by atoms with Crippen molar-refractivity contribution in [3.8, 4) is 0 Å². The highest BCUT2D eigenvalue weighted by molar-refractivity contribution is 5.78. The van der Waals surface area contributed by atoms with Gasteiger partial charge in [-0.3, -0.25) is 9.59 Å². The fourth-order valence-corrected chi connectivity index (χ4v) is 4.19. The minimum absolute atomic E-state index is 0.228. The Morgan fingerprint density at radius 1 is 1.14 bits per heavy atom. The summed E-state index contributed by atoms with van der Waals surface area (Å²) in [6.45, 7) is 2.87. The Hall–Kier alpha value is -1.88. The van der Waals surface area contributed by atoms with Crippen molar-refractivity contribution >= 4 is 11.9 Å². The van der Waals surface area contributed by atoms with E-state index in [4.69, 9.17) is 5.11 Å². The van der Waals surface area contributed by atoms with Gasteiger partial charge in [-0.25, -0.2) is 0 Å². The Bertz CT molecular complexity index is 619. The quantitative estimate of drug-likeness (QED) is 0.451. The van der Waals surface area contributed by atoms with E-state index in [2.05, 4.69) is 19.1 Å². The van der Waals surface area contributed by atoms with Crippen LogP contribution in [0.15, 0.2) is 30.3 Å². The van der Waals surface area contributed by atoms with Crippen LogP contribution in [0.1, 0.15) is 76.7 Å². The first-order valence-corrected chi connectivity index (χ1v) is 11.2. The third-order valence-corrected chi connectivity index (χ3v) is 6.18. The van der Waals surface area contributed by atoms with Crippen LogP contribution in [-0.2, 0) is 16.0 Å². The number of carboxylic acid groups (broad SMARTS) is 1. The summed E-state index contributed by atoms with van der Waals surface area (Å²) in [6, 6.07) is 10.6. The Morgan fingerprint density at radius 2 is 1.86 bits per heavy atom. The number of aliphatic hydroxyl groups excluding tert-OH is 1. The molecule has 1 aromatic rings. The second-order valence-corrected chi connectivity index (χ2v) is 8.48. The normalized spacial score (nSPS) is 18.8. The molecule has 0 aliphatic carbocycles. The van der Waals surface area contributed by atoms with Crippen molar-refractivity contribution in [1.29, 1.82) is 0 Å². The van der Waals surface area contributed by atoms with Crippen LogP contribution < -0.4 is 0 Å². The predicted octanol–water partition coefficient (Wildman–Crippen LogP) is 4.42. The lowest BCUT2D eigenvalue weighted by Crippen LogP contribution is -2.35. The van der Waals surface area contributed by atoms with E-state index in [9.17, 15) is 14.7 Å². The van der Waals surface area contributed by atoms with Gasteiger partial charge in [-0.15, -0.1) is 0 Å². The molecule has 0 bridgehead atoms. The molecule has 5 nitrogen and oxygen atoms in total. The molecule has 2 rings (SSSR count). The number of hydrogen-bond donors (Lipinski definition) is 2. The first-order chi connectivity index (χ1) is 14.0. The number of carboxylic acids is 1. The topological polar surface area (TPSA) is 77.8 Å². The summed E-state index contributed by atoms with van der Waals surface area (Å²) in [5.41, 5.74) is 1.31. The first-order valence-electron chi connectivity index (χ1n) is 11.2. The van der Waals surface area contributed by atoms with Crippen LogP contribution >= 0.6 is 0 Å². The van der Waals surface area contributed by atoms with Gasteiger partial charge in [0.2, 0.25) is 5.91 Å². The minimum Gasteiger partial charge on any atom is -0.481 e. The zero-order valence-electron chi connectivity index (χ0n) is 17.8.